The van der Waals surface area contributed by atoms with Crippen molar-refractivity contribution in [1.82, 2.24) is 9.55 Å². The first-order chi connectivity index (χ1) is 8.34. The smallest absolute Gasteiger partial charge is 0.0942 e. The maximum atomic E-state index is 6.13. The molecule has 0 aliphatic heterocycles. The van der Waals surface area contributed by atoms with E-state index < -0.39 is 0 Å². The van der Waals surface area contributed by atoms with E-state index in [2.05, 4.69) is 21.8 Å². The van der Waals surface area contributed by atoms with Gasteiger partial charge in [-0.1, -0.05) is 0 Å². The number of rotatable bonds is 3. The zero-order valence-electron chi connectivity index (χ0n) is 9.80. The Morgan fingerprint density at radius 3 is 3.29 bits per heavy atom. The third-order valence-electron chi connectivity index (χ3n) is 3.49. The summed E-state index contributed by atoms with van der Waals surface area (Å²) in [5.74, 6) is 0. The number of fused-ring (bicyclic) bond motifs is 1. The molecular formula is C13H17N3S. The van der Waals surface area contributed by atoms with Gasteiger partial charge in [-0.2, -0.15) is 0 Å². The van der Waals surface area contributed by atoms with Crippen LogP contribution in [0.1, 0.15) is 35.1 Å². The number of nitrogens with two attached hydrogens (primary N) is 1. The summed E-state index contributed by atoms with van der Waals surface area (Å²) < 4.78 is 2.36. The van der Waals surface area contributed by atoms with Crippen molar-refractivity contribution in [3.63, 3.8) is 0 Å². The molecule has 0 saturated heterocycles. The molecule has 2 heterocycles. The predicted molar refractivity (Wildman–Crippen MR) is 70.1 cm³/mol. The molecule has 17 heavy (non-hydrogen) atoms. The fraction of sp³-hybridized carbons (Fsp3) is 0.462. The molecule has 0 saturated carbocycles. The number of hydrogen-bond acceptors (Lipinski definition) is 3. The standard InChI is InChI=1S/C13H17N3S/c14-11-2-1-3-12-10(11)4-7-16(12)8-5-13-15-6-9-17-13/h4,6-7,9,11H,1-3,5,8,14H2. The van der Waals surface area contributed by atoms with Crippen LogP contribution in [0, 0.1) is 0 Å². The van der Waals surface area contributed by atoms with Crippen LogP contribution in [-0.2, 0) is 19.4 Å². The van der Waals surface area contributed by atoms with Crippen LogP contribution in [0.5, 0.6) is 0 Å². The summed E-state index contributed by atoms with van der Waals surface area (Å²) >= 11 is 1.73. The van der Waals surface area contributed by atoms with Gasteiger partial charge < -0.3 is 10.3 Å². The van der Waals surface area contributed by atoms with Crippen LogP contribution in [0.15, 0.2) is 23.8 Å². The Kier molecular flexibility index (Phi) is 2.99. The zero-order valence-corrected chi connectivity index (χ0v) is 10.6. The Morgan fingerprint density at radius 1 is 1.53 bits per heavy atom. The van der Waals surface area contributed by atoms with Gasteiger partial charge in [0.1, 0.15) is 0 Å². The lowest BCUT2D eigenvalue weighted by molar-refractivity contribution is 0.538. The monoisotopic (exact) mass is 247 g/mol. The van der Waals surface area contributed by atoms with Gasteiger partial charge >= 0.3 is 0 Å². The van der Waals surface area contributed by atoms with Gasteiger partial charge in [0.05, 0.1) is 5.01 Å². The number of thiazole rings is 1. The molecular weight excluding hydrogens is 230 g/mol. The second-order valence-corrected chi connectivity index (χ2v) is 5.56. The van der Waals surface area contributed by atoms with Gasteiger partial charge in [0, 0.05) is 42.5 Å². The molecule has 2 aromatic heterocycles. The van der Waals surface area contributed by atoms with Gasteiger partial charge in [0.15, 0.2) is 0 Å². The van der Waals surface area contributed by atoms with E-state index in [9.17, 15) is 0 Å². The van der Waals surface area contributed by atoms with Crippen LogP contribution < -0.4 is 5.73 Å². The molecule has 4 heteroatoms. The lowest BCUT2D eigenvalue weighted by atomic mass is 9.94. The molecule has 90 valence electrons. The Morgan fingerprint density at radius 2 is 2.47 bits per heavy atom. The fourth-order valence-electron chi connectivity index (χ4n) is 2.59. The van der Waals surface area contributed by atoms with E-state index >= 15 is 0 Å². The Hall–Kier alpha value is -1.13. The minimum atomic E-state index is 0.250. The van der Waals surface area contributed by atoms with Crippen molar-refractivity contribution in [3.05, 3.63) is 40.1 Å². The number of nitrogens with zero attached hydrogens (tertiary/aromatic N) is 2. The summed E-state index contributed by atoms with van der Waals surface area (Å²) in [5.41, 5.74) is 8.93. The molecule has 0 amide bonds. The molecule has 1 aliphatic rings. The first-order valence-electron chi connectivity index (χ1n) is 6.16. The SMILES string of the molecule is NC1CCCc2c1ccn2CCc1nccs1. The molecule has 3 nitrogen and oxygen atoms in total. The van der Waals surface area contributed by atoms with Crippen LogP contribution in [0.3, 0.4) is 0 Å². The van der Waals surface area contributed by atoms with Crippen LogP contribution in [-0.4, -0.2) is 9.55 Å². The van der Waals surface area contributed by atoms with Crippen molar-refractivity contribution in [2.45, 2.75) is 38.3 Å². The van der Waals surface area contributed by atoms with E-state index in [0.717, 1.165) is 19.4 Å². The number of aromatic nitrogens is 2. The Bertz CT molecular complexity index is 487. The van der Waals surface area contributed by atoms with Gasteiger partial charge in [0.25, 0.3) is 0 Å². The molecule has 2 N–H and O–H groups in total. The summed E-state index contributed by atoms with van der Waals surface area (Å²) in [6.45, 7) is 1.02. The summed E-state index contributed by atoms with van der Waals surface area (Å²) in [7, 11) is 0. The highest BCUT2D eigenvalue weighted by Gasteiger charge is 2.19. The van der Waals surface area contributed by atoms with Crippen molar-refractivity contribution in [1.29, 1.82) is 0 Å². The molecule has 1 unspecified atom stereocenters. The van der Waals surface area contributed by atoms with Gasteiger partial charge in [0.2, 0.25) is 0 Å². The van der Waals surface area contributed by atoms with Crippen molar-refractivity contribution < 1.29 is 0 Å². The highest BCUT2D eigenvalue weighted by atomic mass is 32.1. The molecule has 0 aromatic carbocycles. The maximum absolute atomic E-state index is 6.13. The third kappa shape index (κ3) is 2.15. The maximum Gasteiger partial charge on any atom is 0.0942 e. The van der Waals surface area contributed by atoms with Gasteiger partial charge in [-0.15, -0.1) is 11.3 Å². The summed E-state index contributed by atoms with van der Waals surface area (Å²) in [4.78, 5) is 4.32. The van der Waals surface area contributed by atoms with Crippen LogP contribution in [0.4, 0.5) is 0 Å². The number of aryl methyl sites for hydroxylation is 2. The first kappa shape index (κ1) is 11.0. The molecule has 2 aromatic rings. The second kappa shape index (κ2) is 4.63. The average molecular weight is 247 g/mol. The molecule has 3 rings (SSSR count). The van der Waals surface area contributed by atoms with E-state index in [4.69, 9.17) is 5.73 Å². The average Bonchev–Trinajstić information content (AvgIpc) is 2.95. The third-order valence-corrected chi connectivity index (χ3v) is 4.33. The molecule has 1 atom stereocenters. The molecule has 0 spiro atoms. The van der Waals surface area contributed by atoms with E-state index in [0.29, 0.717) is 0 Å². The van der Waals surface area contributed by atoms with Gasteiger partial charge in [-0.3, -0.25) is 0 Å². The minimum Gasteiger partial charge on any atom is -0.351 e. The van der Waals surface area contributed by atoms with E-state index in [1.54, 1.807) is 11.3 Å². The van der Waals surface area contributed by atoms with Crippen LogP contribution in [0.2, 0.25) is 0 Å². The summed E-state index contributed by atoms with van der Waals surface area (Å²) in [6, 6.07) is 2.45. The minimum absolute atomic E-state index is 0.250. The predicted octanol–water partition coefficient (Wildman–Crippen LogP) is 2.52. The number of hydrogen-bond donors (Lipinski definition) is 1. The quantitative estimate of drug-likeness (QED) is 0.905. The normalized spacial score (nSPS) is 19.2. The second-order valence-electron chi connectivity index (χ2n) is 4.59. The lowest BCUT2D eigenvalue weighted by Crippen LogP contribution is -2.18. The van der Waals surface area contributed by atoms with Gasteiger partial charge in [-0.05, 0) is 30.9 Å². The largest absolute Gasteiger partial charge is 0.351 e. The van der Waals surface area contributed by atoms with Gasteiger partial charge in [-0.25, -0.2) is 4.98 Å². The van der Waals surface area contributed by atoms with E-state index in [-0.39, 0.29) is 6.04 Å². The van der Waals surface area contributed by atoms with Crippen molar-refractivity contribution in [3.8, 4) is 0 Å². The lowest BCUT2D eigenvalue weighted by Gasteiger charge is -2.20. The van der Waals surface area contributed by atoms with Crippen molar-refractivity contribution in [2.24, 2.45) is 5.73 Å². The summed E-state index contributed by atoms with van der Waals surface area (Å²) in [6.07, 6.45) is 8.60. The molecule has 0 bridgehead atoms. The molecule has 0 radical (unpaired) electrons. The van der Waals surface area contributed by atoms with Crippen LogP contribution >= 0.6 is 11.3 Å². The van der Waals surface area contributed by atoms with Crippen LogP contribution in [0.25, 0.3) is 0 Å². The van der Waals surface area contributed by atoms with E-state index in [1.165, 1.54) is 29.1 Å². The van der Waals surface area contributed by atoms with E-state index in [1.807, 2.05) is 11.6 Å². The highest BCUT2D eigenvalue weighted by Crippen LogP contribution is 2.28. The molecule has 0 fully saturated rings. The molecule has 1 aliphatic carbocycles. The first-order valence-corrected chi connectivity index (χ1v) is 7.04. The highest BCUT2D eigenvalue weighted by molar-refractivity contribution is 7.09. The Labute approximate surface area is 105 Å². The fourth-order valence-corrected chi connectivity index (χ4v) is 3.20. The summed E-state index contributed by atoms with van der Waals surface area (Å²) in [5, 5.41) is 3.25. The van der Waals surface area contributed by atoms with Crippen molar-refractivity contribution >= 4 is 11.3 Å². The zero-order chi connectivity index (χ0) is 11.7. The Balaban J connectivity index is 1.75. The topological polar surface area (TPSA) is 43.8 Å². The van der Waals surface area contributed by atoms with Crippen molar-refractivity contribution in [2.75, 3.05) is 0 Å².